The second-order valence-corrected chi connectivity index (χ2v) is 6.10. The van der Waals surface area contributed by atoms with E-state index in [0.717, 1.165) is 5.56 Å². The number of hydrogen-bond acceptors (Lipinski definition) is 5. The molecular weight excluding hydrogens is 322 g/mol. The smallest absolute Gasteiger partial charge is 0.257 e. The van der Waals surface area contributed by atoms with Crippen molar-refractivity contribution >= 4 is 5.91 Å². The summed E-state index contributed by atoms with van der Waals surface area (Å²) in [5.74, 6) is 1.14. The van der Waals surface area contributed by atoms with E-state index in [-0.39, 0.29) is 5.91 Å². The lowest BCUT2D eigenvalue weighted by Gasteiger charge is -2.41. The van der Waals surface area contributed by atoms with Crippen molar-refractivity contribution in [2.24, 2.45) is 0 Å². The molecule has 2 aromatic carbocycles. The molecule has 0 saturated carbocycles. The van der Waals surface area contributed by atoms with Crippen molar-refractivity contribution in [3.8, 4) is 17.2 Å². The average Bonchev–Trinajstić information content (AvgIpc) is 2.88. The number of carbonyl (C=O) groups is 1. The molecule has 6 nitrogen and oxygen atoms in total. The number of ether oxygens (including phenoxy) is 3. The van der Waals surface area contributed by atoms with E-state index >= 15 is 0 Å². The number of amides is 1. The molecule has 0 spiro atoms. The minimum absolute atomic E-state index is 0.180. The molecule has 0 aromatic heterocycles. The summed E-state index contributed by atoms with van der Waals surface area (Å²) in [5.41, 5.74) is 0.905. The van der Waals surface area contributed by atoms with Gasteiger partial charge in [0.2, 0.25) is 5.75 Å². The molecule has 2 aliphatic heterocycles. The molecular formula is C19H19NO5. The van der Waals surface area contributed by atoms with E-state index in [1.165, 1.54) is 19.1 Å². The third-order valence-electron chi connectivity index (χ3n) is 5.03. The molecule has 25 heavy (non-hydrogen) atoms. The van der Waals surface area contributed by atoms with Crippen molar-refractivity contribution in [1.29, 1.82) is 0 Å². The van der Waals surface area contributed by atoms with Gasteiger partial charge in [-0.25, -0.2) is 0 Å². The van der Waals surface area contributed by atoms with Crippen LogP contribution in [0, 0.1) is 0 Å². The van der Waals surface area contributed by atoms with Gasteiger partial charge in [0, 0.05) is 17.7 Å². The third kappa shape index (κ3) is 1.85. The molecule has 1 N–H and O–H groups in total. The van der Waals surface area contributed by atoms with Crippen LogP contribution in [-0.4, -0.2) is 43.8 Å². The van der Waals surface area contributed by atoms with Crippen molar-refractivity contribution in [3.63, 3.8) is 0 Å². The summed E-state index contributed by atoms with van der Waals surface area (Å²) < 4.78 is 16.5. The molecule has 2 aromatic rings. The average molecular weight is 341 g/mol. The Bertz CT molecular complexity index is 878. The standard InChI is InChI=1S/C19H19NO5/c1-23-14-10-11-8-9-20-18(21)12-6-4-5-7-13(12)19(20,22)15(11)17(25-3)16(14)24-2/h4-7,10,22H,8-9H2,1-3H3/t19-/m0/s1. The first-order chi connectivity index (χ1) is 12.1. The maximum Gasteiger partial charge on any atom is 0.257 e. The van der Waals surface area contributed by atoms with Crippen LogP contribution < -0.4 is 14.2 Å². The zero-order chi connectivity index (χ0) is 17.8. The maximum atomic E-state index is 12.8. The zero-order valence-electron chi connectivity index (χ0n) is 14.3. The van der Waals surface area contributed by atoms with Gasteiger partial charge < -0.3 is 24.2 Å². The Morgan fingerprint density at radius 1 is 1.08 bits per heavy atom. The van der Waals surface area contributed by atoms with E-state index in [9.17, 15) is 9.90 Å². The molecule has 0 unspecified atom stereocenters. The molecule has 0 fully saturated rings. The lowest BCUT2D eigenvalue weighted by Crippen LogP contribution is -2.49. The van der Waals surface area contributed by atoms with E-state index in [1.54, 1.807) is 25.3 Å². The lowest BCUT2D eigenvalue weighted by atomic mass is 9.85. The van der Waals surface area contributed by atoms with Crippen LogP contribution in [-0.2, 0) is 12.1 Å². The third-order valence-corrected chi connectivity index (χ3v) is 5.03. The molecule has 2 aliphatic rings. The first-order valence-electron chi connectivity index (χ1n) is 8.04. The van der Waals surface area contributed by atoms with Crippen LogP contribution in [0.5, 0.6) is 17.2 Å². The topological polar surface area (TPSA) is 68.2 Å². The van der Waals surface area contributed by atoms with Gasteiger partial charge in [-0.3, -0.25) is 4.79 Å². The molecule has 0 radical (unpaired) electrons. The summed E-state index contributed by atoms with van der Waals surface area (Å²) in [6.07, 6.45) is 0.591. The molecule has 0 bridgehead atoms. The molecule has 4 rings (SSSR count). The monoisotopic (exact) mass is 341 g/mol. The Labute approximate surface area is 145 Å². The Balaban J connectivity index is 2.07. The van der Waals surface area contributed by atoms with Crippen LogP contribution in [0.2, 0.25) is 0 Å². The van der Waals surface area contributed by atoms with Gasteiger partial charge in [0.25, 0.3) is 5.91 Å². The first-order valence-corrected chi connectivity index (χ1v) is 8.04. The first kappa shape index (κ1) is 15.8. The molecule has 1 atom stereocenters. The van der Waals surface area contributed by atoms with Gasteiger partial charge in [0.05, 0.1) is 26.9 Å². The summed E-state index contributed by atoms with van der Waals surface area (Å²) in [4.78, 5) is 14.3. The van der Waals surface area contributed by atoms with Crippen LogP contribution >= 0.6 is 0 Å². The van der Waals surface area contributed by atoms with Crippen LogP contribution in [0.15, 0.2) is 30.3 Å². The van der Waals surface area contributed by atoms with Crippen LogP contribution in [0.25, 0.3) is 0 Å². The molecule has 1 amide bonds. The Kier molecular flexibility index (Phi) is 3.40. The van der Waals surface area contributed by atoms with Gasteiger partial charge in [-0.05, 0) is 24.1 Å². The highest BCUT2D eigenvalue weighted by Crippen LogP contribution is 2.53. The summed E-state index contributed by atoms with van der Waals surface area (Å²) >= 11 is 0. The largest absolute Gasteiger partial charge is 0.493 e. The molecule has 0 saturated heterocycles. The van der Waals surface area contributed by atoms with Gasteiger partial charge in [-0.1, -0.05) is 18.2 Å². The van der Waals surface area contributed by atoms with Crippen LogP contribution in [0.1, 0.15) is 27.0 Å². The fraction of sp³-hybridized carbons (Fsp3) is 0.316. The summed E-state index contributed by atoms with van der Waals surface area (Å²) in [7, 11) is 4.59. The number of rotatable bonds is 3. The minimum Gasteiger partial charge on any atom is -0.493 e. The van der Waals surface area contributed by atoms with Crippen molar-refractivity contribution < 1.29 is 24.1 Å². The van der Waals surface area contributed by atoms with Crippen molar-refractivity contribution in [2.75, 3.05) is 27.9 Å². The number of methoxy groups -OCH3 is 3. The van der Waals surface area contributed by atoms with E-state index in [4.69, 9.17) is 14.2 Å². The number of carbonyl (C=O) groups excluding carboxylic acids is 1. The number of aliphatic hydroxyl groups is 1. The number of hydrogen-bond donors (Lipinski definition) is 1. The second kappa shape index (κ2) is 5.39. The highest BCUT2D eigenvalue weighted by molar-refractivity contribution is 6.01. The zero-order valence-corrected chi connectivity index (χ0v) is 14.3. The van der Waals surface area contributed by atoms with E-state index in [0.29, 0.717) is 46.9 Å². The molecule has 6 heteroatoms. The van der Waals surface area contributed by atoms with Crippen molar-refractivity contribution in [1.82, 2.24) is 4.90 Å². The fourth-order valence-electron chi connectivity index (χ4n) is 3.96. The molecule has 130 valence electrons. The number of benzene rings is 2. The maximum absolute atomic E-state index is 12.8. The quantitative estimate of drug-likeness (QED) is 0.924. The van der Waals surface area contributed by atoms with E-state index in [1.807, 2.05) is 12.1 Å². The highest BCUT2D eigenvalue weighted by atomic mass is 16.5. The van der Waals surface area contributed by atoms with Gasteiger partial charge in [0.1, 0.15) is 0 Å². The van der Waals surface area contributed by atoms with Gasteiger partial charge in [0.15, 0.2) is 17.2 Å². The lowest BCUT2D eigenvalue weighted by molar-refractivity contribution is -0.0579. The normalized spacial score (nSPS) is 20.6. The summed E-state index contributed by atoms with van der Waals surface area (Å²) in [6, 6.07) is 8.97. The number of fused-ring (bicyclic) bond motifs is 5. The van der Waals surface area contributed by atoms with Crippen molar-refractivity contribution in [2.45, 2.75) is 12.1 Å². The minimum atomic E-state index is -1.58. The predicted molar refractivity (Wildman–Crippen MR) is 90.3 cm³/mol. The van der Waals surface area contributed by atoms with Gasteiger partial charge in [-0.15, -0.1) is 0 Å². The highest BCUT2D eigenvalue weighted by Gasteiger charge is 2.54. The summed E-state index contributed by atoms with van der Waals surface area (Å²) in [6.45, 7) is 0.412. The number of nitrogens with zero attached hydrogens (tertiary/aromatic N) is 1. The molecule has 2 heterocycles. The summed E-state index contributed by atoms with van der Waals surface area (Å²) in [5, 5.41) is 11.7. The predicted octanol–water partition coefficient (Wildman–Crippen LogP) is 1.92. The SMILES string of the molecule is COc1cc2c(c(OC)c1OC)[C@@]1(O)c3ccccc3C(=O)N1CC2. The van der Waals surface area contributed by atoms with Gasteiger partial charge >= 0.3 is 0 Å². The Morgan fingerprint density at radius 3 is 2.48 bits per heavy atom. The van der Waals surface area contributed by atoms with Gasteiger partial charge in [-0.2, -0.15) is 0 Å². The Morgan fingerprint density at radius 2 is 1.80 bits per heavy atom. The van der Waals surface area contributed by atoms with Crippen LogP contribution in [0.4, 0.5) is 0 Å². The Hall–Kier alpha value is -2.73. The second-order valence-electron chi connectivity index (χ2n) is 6.10. The van der Waals surface area contributed by atoms with E-state index < -0.39 is 5.72 Å². The molecule has 0 aliphatic carbocycles. The van der Waals surface area contributed by atoms with Crippen molar-refractivity contribution in [3.05, 3.63) is 52.6 Å². The van der Waals surface area contributed by atoms with E-state index in [2.05, 4.69) is 0 Å². The van der Waals surface area contributed by atoms with Crippen LogP contribution in [0.3, 0.4) is 0 Å². The fourth-order valence-corrected chi connectivity index (χ4v) is 3.96.